The third-order valence-corrected chi connectivity index (χ3v) is 7.37. The van der Waals surface area contributed by atoms with Crippen molar-refractivity contribution in [1.29, 1.82) is 0 Å². The molecule has 0 saturated heterocycles. The van der Waals surface area contributed by atoms with Crippen LogP contribution < -0.4 is 0 Å². The molecule has 6 rings (SSSR count). The number of hydrogen-bond acceptors (Lipinski definition) is 3. The second-order valence-corrected chi connectivity index (χ2v) is 9.85. The van der Waals surface area contributed by atoms with Crippen molar-refractivity contribution in [2.45, 2.75) is 26.2 Å². The Bertz CT molecular complexity index is 1510. The van der Waals surface area contributed by atoms with Crippen molar-refractivity contribution < 1.29 is 0 Å². The minimum atomic E-state index is -0.0635. The summed E-state index contributed by atoms with van der Waals surface area (Å²) in [5, 5.41) is 1.16. The van der Waals surface area contributed by atoms with Crippen LogP contribution in [0.4, 0.5) is 0 Å². The van der Waals surface area contributed by atoms with Gasteiger partial charge in [0, 0.05) is 28.3 Å². The van der Waals surface area contributed by atoms with Crippen molar-refractivity contribution in [1.82, 2.24) is 15.0 Å². The molecular weight excluding hydrogens is 426 g/mol. The average Bonchev–Trinajstić information content (AvgIpc) is 2.91. The fourth-order valence-electron chi connectivity index (χ4n) is 5.07. The van der Waals surface area contributed by atoms with Gasteiger partial charge in [-0.3, -0.25) is 4.98 Å². The van der Waals surface area contributed by atoms with Crippen LogP contribution in [0, 0.1) is 5.92 Å². The lowest BCUT2D eigenvalue weighted by atomic mass is 9.66. The summed E-state index contributed by atoms with van der Waals surface area (Å²) in [7, 11) is 0. The van der Waals surface area contributed by atoms with Crippen LogP contribution in [0.15, 0.2) is 103 Å². The molecule has 0 amide bonds. The molecule has 1 unspecified atom stereocenters. The van der Waals surface area contributed by atoms with E-state index in [0.717, 1.165) is 44.8 Å². The van der Waals surface area contributed by atoms with E-state index >= 15 is 0 Å². The number of fused-ring (bicyclic) bond motifs is 3. The van der Waals surface area contributed by atoms with Crippen molar-refractivity contribution in [2.75, 3.05) is 0 Å². The van der Waals surface area contributed by atoms with Crippen LogP contribution in [0.25, 0.3) is 39.0 Å². The van der Waals surface area contributed by atoms with Crippen LogP contribution in [0.5, 0.6) is 0 Å². The highest BCUT2D eigenvalue weighted by molar-refractivity contribution is 5.93. The molecule has 35 heavy (non-hydrogen) atoms. The lowest BCUT2D eigenvalue weighted by Crippen LogP contribution is -2.30. The van der Waals surface area contributed by atoms with E-state index in [1.807, 2.05) is 24.4 Å². The van der Waals surface area contributed by atoms with E-state index in [2.05, 4.69) is 99.6 Å². The fraction of sp³-hybridized carbons (Fsp3) is 0.156. The third kappa shape index (κ3) is 3.64. The van der Waals surface area contributed by atoms with Crippen LogP contribution in [0.2, 0.25) is 0 Å². The van der Waals surface area contributed by atoms with Gasteiger partial charge in [0.25, 0.3) is 0 Å². The van der Waals surface area contributed by atoms with Gasteiger partial charge >= 0.3 is 0 Å². The van der Waals surface area contributed by atoms with Gasteiger partial charge in [0.15, 0.2) is 5.82 Å². The monoisotopic (exact) mass is 453 g/mol. The Morgan fingerprint density at radius 1 is 0.714 bits per heavy atom. The maximum absolute atomic E-state index is 5.11. The zero-order valence-electron chi connectivity index (χ0n) is 20.2. The molecule has 0 radical (unpaired) electrons. The van der Waals surface area contributed by atoms with Crippen LogP contribution in [-0.2, 0) is 5.41 Å². The third-order valence-electron chi connectivity index (χ3n) is 7.37. The summed E-state index contributed by atoms with van der Waals surface area (Å²) in [5.74, 6) is 1.05. The van der Waals surface area contributed by atoms with Gasteiger partial charge in [0.2, 0.25) is 0 Å². The quantitative estimate of drug-likeness (QED) is 0.281. The van der Waals surface area contributed by atoms with Gasteiger partial charge in [-0.05, 0) is 34.6 Å². The molecule has 3 nitrogen and oxygen atoms in total. The maximum Gasteiger partial charge on any atom is 0.160 e. The van der Waals surface area contributed by atoms with E-state index in [-0.39, 0.29) is 5.41 Å². The molecule has 3 heteroatoms. The molecule has 0 aliphatic heterocycles. The molecule has 5 aromatic rings. The number of rotatable bonds is 3. The first-order chi connectivity index (χ1) is 17.0. The summed E-state index contributed by atoms with van der Waals surface area (Å²) < 4.78 is 0. The summed E-state index contributed by atoms with van der Waals surface area (Å²) in [4.78, 5) is 15.0. The van der Waals surface area contributed by atoms with Crippen LogP contribution in [0.1, 0.15) is 37.7 Å². The van der Waals surface area contributed by atoms with Gasteiger partial charge < -0.3 is 0 Å². The number of hydrogen-bond donors (Lipinski definition) is 0. The normalized spacial score (nSPS) is 16.5. The molecule has 0 fully saturated rings. The molecule has 1 aliphatic rings. The van der Waals surface area contributed by atoms with Crippen molar-refractivity contribution in [3.63, 3.8) is 0 Å². The maximum atomic E-state index is 5.11. The summed E-state index contributed by atoms with van der Waals surface area (Å²) in [6.07, 6.45) is 4.23. The molecule has 3 aromatic carbocycles. The van der Waals surface area contributed by atoms with Crippen molar-refractivity contribution >= 4 is 16.5 Å². The number of allylic oxidation sites excluding steroid dienone is 1. The Hall–Kier alpha value is -4.11. The standard InChI is InChI=1S/C32H27N3/c1-21-19-26(25-17-16-24-15-10-18-33-30(24)29(25)32(21,2)3)31-34-27(22-11-6-4-7-12-22)20-28(35-31)23-13-8-5-9-14-23/h4-21H,1-3H3. The summed E-state index contributed by atoms with van der Waals surface area (Å²) in [6.45, 7) is 6.91. The summed E-state index contributed by atoms with van der Waals surface area (Å²) >= 11 is 0. The minimum Gasteiger partial charge on any atom is -0.256 e. The van der Waals surface area contributed by atoms with Gasteiger partial charge in [0.1, 0.15) is 0 Å². The fourth-order valence-corrected chi connectivity index (χ4v) is 5.07. The average molecular weight is 454 g/mol. The predicted octanol–water partition coefficient (Wildman–Crippen LogP) is 7.72. The first-order valence-electron chi connectivity index (χ1n) is 12.1. The first kappa shape index (κ1) is 21.4. The number of pyridine rings is 1. The van der Waals surface area contributed by atoms with Crippen molar-refractivity contribution in [3.8, 4) is 22.5 Å². The minimum absolute atomic E-state index is 0.0635. The number of aromatic nitrogens is 3. The van der Waals surface area contributed by atoms with E-state index in [0.29, 0.717) is 5.92 Å². The van der Waals surface area contributed by atoms with E-state index in [1.54, 1.807) is 0 Å². The number of nitrogens with zero attached hydrogens (tertiary/aromatic N) is 3. The Kier molecular flexibility index (Phi) is 5.07. The highest BCUT2D eigenvalue weighted by atomic mass is 14.9. The van der Waals surface area contributed by atoms with Crippen molar-refractivity contribution in [3.05, 3.63) is 120 Å². The van der Waals surface area contributed by atoms with Gasteiger partial charge in [-0.2, -0.15) is 0 Å². The molecule has 1 aliphatic carbocycles. The first-order valence-corrected chi connectivity index (χ1v) is 12.1. The molecule has 170 valence electrons. The van der Waals surface area contributed by atoms with Gasteiger partial charge in [0.05, 0.1) is 16.9 Å². The Labute approximate surface area is 206 Å². The SMILES string of the molecule is CC1C=C(c2nc(-c3ccccc3)cc(-c3ccccc3)n2)c2ccc3cccnc3c2C1(C)C. The van der Waals surface area contributed by atoms with E-state index < -0.39 is 0 Å². The molecule has 0 N–H and O–H groups in total. The van der Waals surface area contributed by atoms with Gasteiger partial charge in [-0.1, -0.05) is 106 Å². The van der Waals surface area contributed by atoms with Crippen LogP contribution in [-0.4, -0.2) is 15.0 Å². The van der Waals surface area contributed by atoms with Gasteiger partial charge in [-0.25, -0.2) is 9.97 Å². The van der Waals surface area contributed by atoms with Crippen LogP contribution >= 0.6 is 0 Å². The smallest absolute Gasteiger partial charge is 0.160 e. The van der Waals surface area contributed by atoms with E-state index in [1.165, 1.54) is 11.1 Å². The molecule has 2 aromatic heterocycles. The largest absolute Gasteiger partial charge is 0.256 e. The second kappa shape index (κ2) is 8.28. The van der Waals surface area contributed by atoms with Gasteiger partial charge in [-0.15, -0.1) is 0 Å². The lowest BCUT2D eigenvalue weighted by Gasteiger charge is -2.37. The molecule has 2 heterocycles. The van der Waals surface area contributed by atoms with Crippen LogP contribution in [0.3, 0.4) is 0 Å². The van der Waals surface area contributed by atoms with Crippen molar-refractivity contribution in [2.24, 2.45) is 5.92 Å². The molecule has 1 atom stereocenters. The van der Waals surface area contributed by atoms with E-state index in [9.17, 15) is 0 Å². The number of benzene rings is 3. The highest BCUT2D eigenvalue weighted by Crippen LogP contribution is 2.46. The Morgan fingerprint density at radius 3 is 1.97 bits per heavy atom. The molecule has 0 saturated carbocycles. The second-order valence-electron chi connectivity index (χ2n) is 9.85. The zero-order valence-corrected chi connectivity index (χ0v) is 20.2. The molecule has 0 bridgehead atoms. The molecular formula is C32H27N3. The summed E-state index contributed by atoms with van der Waals surface area (Å²) in [5.41, 5.74) is 8.54. The highest BCUT2D eigenvalue weighted by Gasteiger charge is 2.37. The predicted molar refractivity (Wildman–Crippen MR) is 144 cm³/mol. The molecule has 0 spiro atoms. The zero-order chi connectivity index (χ0) is 24.0. The summed E-state index contributed by atoms with van der Waals surface area (Å²) in [6, 6.07) is 31.3. The van der Waals surface area contributed by atoms with E-state index in [4.69, 9.17) is 15.0 Å². The Balaban J connectivity index is 1.62. The Morgan fingerprint density at radius 2 is 1.34 bits per heavy atom. The topological polar surface area (TPSA) is 38.7 Å². The lowest BCUT2D eigenvalue weighted by molar-refractivity contribution is 0.406.